The van der Waals surface area contributed by atoms with Gasteiger partial charge in [0.2, 0.25) is 0 Å². The number of hydrogen-bond acceptors (Lipinski definition) is 2. The molecule has 0 fully saturated rings. The van der Waals surface area contributed by atoms with Gasteiger partial charge >= 0.3 is 0 Å². The third-order valence-electron chi connectivity index (χ3n) is 3.04. The van der Waals surface area contributed by atoms with E-state index in [-0.39, 0.29) is 5.82 Å². The van der Waals surface area contributed by atoms with Crippen molar-refractivity contribution in [1.29, 1.82) is 0 Å². The van der Waals surface area contributed by atoms with Crippen molar-refractivity contribution in [2.75, 3.05) is 11.9 Å². The summed E-state index contributed by atoms with van der Waals surface area (Å²) in [5.74, 6) is -0.203. The maximum absolute atomic E-state index is 13.6. The Bertz CT molecular complexity index is 572. The number of nitrogens with two attached hydrogens (primary N) is 1. The molecule has 100 valence electrons. The fourth-order valence-electron chi connectivity index (χ4n) is 2.03. The molecule has 19 heavy (non-hydrogen) atoms. The van der Waals surface area contributed by atoms with Gasteiger partial charge in [0.05, 0.1) is 0 Å². The van der Waals surface area contributed by atoms with Crippen molar-refractivity contribution in [2.45, 2.75) is 13.1 Å². The molecule has 0 atom stereocenters. The Labute approximate surface area is 117 Å². The molecule has 0 saturated heterocycles. The molecule has 0 saturated carbocycles. The van der Waals surface area contributed by atoms with Gasteiger partial charge in [-0.15, -0.1) is 0 Å². The summed E-state index contributed by atoms with van der Waals surface area (Å²) >= 11 is 6.01. The van der Waals surface area contributed by atoms with Crippen LogP contribution in [-0.2, 0) is 13.1 Å². The second kappa shape index (κ2) is 6.04. The highest BCUT2D eigenvalue weighted by molar-refractivity contribution is 6.30. The minimum Gasteiger partial charge on any atom is -0.370 e. The lowest BCUT2D eigenvalue weighted by Crippen LogP contribution is -2.19. The molecular weight excluding hydrogens is 263 g/mol. The Balaban J connectivity index is 2.27. The quantitative estimate of drug-likeness (QED) is 0.926. The number of benzene rings is 2. The molecule has 0 amide bonds. The number of nitrogens with zero attached hydrogens (tertiary/aromatic N) is 1. The van der Waals surface area contributed by atoms with Gasteiger partial charge in [-0.3, -0.25) is 0 Å². The molecule has 0 heterocycles. The standard InChI is InChI=1S/C15H16ClFN2/c1-19(10-12-4-2-3-5-14(12)17)15-8-13(16)7-6-11(15)9-18/h2-8H,9-10,18H2,1H3. The molecule has 0 radical (unpaired) electrons. The van der Waals surface area contributed by atoms with Crippen molar-refractivity contribution in [2.24, 2.45) is 5.73 Å². The van der Waals surface area contributed by atoms with Gasteiger partial charge < -0.3 is 10.6 Å². The van der Waals surface area contributed by atoms with E-state index in [2.05, 4.69) is 0 Å². The van der Waals surface area contributed by atoms with E-state index in [0.29, 0.717) is 23.7 Å². The zero-order valence-electron chi connectivity index (χ0n) is 10.7. The molecule has 0 bridgehead atoms. The largest absolute Gasteiger partial charge is 0.370 e. The van der Waals surface area contributed by atoms with Crippen molar-refractivity contribution in [3.8, 4) is 0 Å². The Morgan fingerprint density at radius 2 is 1.89 bits per heavy atom. The Hall–Kier alpha value is -1.58. The number of rotatable bonds is 4. The topological polar surface area (TPSA) is 29.3 Å². The molecule has 0 unspecified atom stereocenters. The molecule has 0 spiro atoms. The predicted octanol–water partition coefficient (Wildman–Crippen LogP) is 3.57. The Morgan fingerprint density at radius 1 is 1.16 bits per heavy atom. The first-order valence-corrected chi connectivity index (χ1v) is 6.42. The third-order valence-corrected chi connectivity index (χ3v) is 3.28. The van der Waals surface area contributed by atoms with Gasteiger partial charge in [-0.2, -0.15) is 0 Å². The fourth-order valence-corrected chi connectivity index (χ4v) is 2.20. The van der Waals surface area contributed by atoms with Crippen molar-refractivity contribution in [1.82, 2.24) is 0 Å². The smallest absolute Gasteiger partial charge is 0.128 e. The van der Waals surface area contributed by atoms with Crippen LogP contribution in [0.2, 0.25) is 5.02 Å². The lowest BCUT2D eigenvalue weighted by molar-refractivity contribution is 0.608. The molecule has 0 aromatic heterocycles. The maximum Gasteiger partial charge on any atom is 0.128 e. The monoisotopic (exact) mass is 278 g/mol. The summed E-state index contributed by atoms with van der Waals surface area (Å²) in [7, 11) is 1.90. The van der Waals surface area contributed by atoms with Crippen LogP contribution in [0.4, 0.5) is 10.1 Å². The normalized spacial score (nSPS) is 10.5. The van der Waals surface area contributed by atoms with Crippen LogP contribution in [0.15, 0.2) is 42.5 Å². The summed E-state index contributed by atoms with van der Waals surface area (Å²) in [6.45, 7) is 0.897. The van der Waals surface area contributed by atoms with Crippen LogP contribution in [0, 0.1) is 5.82 Å². The summed E-state index contributed by atoms with van der Waals surface area (Å²) in [6, 6.07) is 12.3. The summed E-state index contributed by atoms with van der Waals surface area (Å²) in [4.78, 5) is 1.95. The van der Waals surface area contributed by atoms with Gasteiger partial charge in [0.25, 0.3) is 0 Å². The fraction of sp³-hybridized carbons (Fsp3) is 0.200. The molecule has 0 aliphatic heterocycles. The van der Waals surface area contributed by atoms with E-state index in [1.54, 1.807) is 12.1 Å². The summed E-state index contributed by atoms with van der Waals surface area (Å²) in [5.41, 5.74) is 8.28. The zero-order chi connectivity index (χ0) is 13.8. The number of hydrogen-bond donors (Lipinski definition) is 1. The van der Waals surface area contributed by atoms with Crippen molar-refractivity contribution < 1.29 is 4.39 Å². The Kier molecular flexibility index (Phi) is 4.40. The average Bonchev–Trinajstić information content (AvgIpc) is 2.41. The summed E-state index contributed by atoms with van der Waals surface area (Å²) < 4.78 is 13.6. The highest BCUT2D eigenvalue weighted by Crippen LogP contribution is 2.25. The first-order valence-electron chi connectivity index (χ1n) is 6.05. The predicted molar refractivity (Wildman–Crippen MR) is 77.9 cm³/mol. The number of anilines is 1. The molecule has 2 aromatic rings. The van der Waals surface area contributed by atoms with Gasteiger partial charge in [-0.05, 0) is 23.8 Å². The van der Waals surface area contributed by atoms with Gasteiger partial charge in [0.15, 0.2) is 0 Å². The summed E-state index contributed by atoms with van der Waals surface area (Å²) in [5, 5.41) is 0.646. The van der Waals surface area contributed by atoms with Crippen molar-refractivity contribution in [3.63, 3.8) is 0 Å². The Morgan fingerprint density at radius 3 is 2.58 bits per heavy atom. The van der Waals surface area contributed by atoms with Crippen LogP contribution in [-0.4, -0.2) is 7.05 Å². The highest BCUT2D eigenvalue weighted by atomic mass is 35.5. The van der Waals surface area contributed by atoms with E-state index in [1.807, 2.05) is 36.2 Å². The van der Waals surface area contributed by atoms with Crippen molar-refractivity contribution in [3.05, 3.63) is 64.4 Å². The first kappa shape index (κ1) is 13.8. The van der Waals surface area contributed by atoms with E-state index in [1.165, 1.54) is 6.07 Å². The van der Waals surface area contributed by atoms with Gasteiger partial charge in [0, 0.05) is 36.4 Å². The second-order valence-corrected chi connectivity index (χ2v) is 4.86. The van der Waals surface area contributed by atoms with E-state index in [0.717, 1.165) is 11.3 Å². The SMILES string of the molecule is CN(Cc1ccccc1F)c1cc(Cl)ccc1CN. The molecule has 2 aromatic carbocycles. The molecule has 2 N–H and O–H groups in total. The van der Waals surface area contributed by atoms with Crippen LogP contribution < -0.4 is 10.6 Å². The molecule has 2 rings (SSSR count). The maximum atomic E-state index is 13.6. The van der Waals surface area contributed by atoms with Gasteiger partial charge in [-0.1, -0.05) is 35.9 Å². The van der Waals surface area contributed by atoms with Crippen LogP contribution in [0.25, 0.3) is 0 Å². The van der Waals surface area contributed by atoms with E-state index in [9.17, 15) is 4.39 Å². The third kappa shape index (κ3) is 3.25. The van der Waals surface area contributed by atoms with E-state index in [4.69, 9.17) is 17.3 Å². The lowest BCUT2D eigenvalue weighted by atomic mass is 10.1. The minimum atomic E-state index is -0.203. The molecular formula is C15H16ClFN2. The number of halogens is 2. The van der Waals surface area contributed by atoms with Crippen molar-refractivity contribution >= 4 is 17.3 Å². The minimum absolute atomic E-state index is 0.203. The molecule has 2 nitrogen and oxygen atoms in total. The van der Waals surface area contributed by atoms with Crippen LogP contribution in [0.1, 0.15) is 11.1 Å². The molecule has 0 aliphatic rings. The van der Waals surface area contributed by atoms with Gasteiger partial charge in [0.1, 0.15) is 5.82 Å². The lowest BCUT2D eigenvalue weighted by Gasteiger charge is -2.22. The average molecular weight is 279 g/mol. The van der Waals surface area contributed by atoms with E-state index < -0.39 is 0 Å². The van der Waals surface area contributed by atoms with E-state index >= 15 is 0 Å². The van der Waals surface area contributed by atoms with Crippen LogP contribution >= 0.6 is 11.6 Å². The molecule has 4 heteroatoms. The molecule has 0 aliphatic carbocycles. The summed E-state index contributed by atoms with van der Waals surface area (Å²) in [6.07, 6.45) is 0. The zero-order valence-corrected chi connectivity index (χ0v) is 11.5. The highest BCUT2D eigenvalue weighted by Gasteiger charge is 2.10. The van der Waals surface area contributed by atoms with Crippen LogP contribution in [0.3, 0.4) is 0 Å². The van der Waals surface area contributed by atoms with Gasteiger partial charge in [-0.25, -0.2) is 4.39 Å². The first-order chi connectivity index (χ1) is 9.11. The van der Waals surface area contributed by atoms with Crippen LogP contribution in [0.5, 0.6) is 0 Å². The second-order valence-electron chi connectivity index (χ2n) is 4.42.